The maximum atomic E-state index is 12.8. The number of carbonyl (C=O) groups excluding carboxylic acids is 1. The second kappa shape index (κ2) is 8.12. The minimum Gasteiger partial charge on any atom is -0.395 e. The Morgan fingerprint density at radius 1 is 1.31 bits per heavy atom. The van der Waals surface area contributed by atoms with Gasteiger partial charge in [0.05, 0.1) is 12.6 Å². The molecule has 2 bridgehead atoms. The Morgan fingerprint density at radius 3 is 2.90 bits per heavy atom. The van der Waals surface area contributed by atoms with Gasteiger partial charge in [0.2, 0.25) is 0 Å². The largest absolute Gasteiger partial charge is 0.395 e. The third-order valence-corrected chi connectivity index (χ3v) is 6.15. The van der Waals surface area contributed by atoms with E-state index in [-0.39, 0.29) is 42.0 Å². The normalized spacial score (nSPS) is 23.8. The molecular formula is C21H29N5O3. The number of fused-ring (bicyclic) bond motifs is 4. The Balaban J connectivity index is 1.59. The van der Waals surface area contributed by atoms with Crippen LogP contribution in [0.15, 0.2) is 35.3 Å². The molecule has 8 heteroatoms. The zero-order valence-corrected chi connectivity index (χ0v) is 17.0. The molecule has 2 aliphatic heterocycles. The number of nitrogens with one attached hydrogen (secondary N) is 1. The van der Waals surface area contributed by atoms with Gasteiger partial charge in [-0.2, -0.15) is 5.10 Å². The molecule has 4 heterocycles. The van der Waals surface area contributed by atoms with E-state index in [0.717, 1.165) is 25.2 Å². The van der Waals surface area contributed by atoms with Crippen LogP contribution >= 0.6 is 0 Å². The van der Waals surface area contributed by atoms with Crippen LogP contribution in [0.1, 0.15) is 54.5 Å². The van der Waals surface area contributed by atoms with Crippen molar-refractivity contribution >= 4 is 5.91 Å². The molecule has 0 aliphatic carbocycles. The number of hydrogen-bond donors (Lipinski definition) is 2. The summed E-state index contributed by atoms with van der Waals surface area (Å²) in [6, 6.07) is 7.14. The van der Waals surface area contributed by atoms with E-state index >= 15 is 0 Å². The topological polar surface area (TPSA) is 92.4 Å². The maximum absolute atomic E-state index is 12.8. The Labute approximate surface area is 170 Å². The molecule has 0 unspecified atom stereocenters. The molecule has 29 heavy (non-hydrogen) atoms. The van der Waals surface area contributed by atoms with E-state index in [1.807, 2.05) is 30.5 Å². The highest BCUT2D eigenvalue weighted by Gasteiger charge is 2.40. The number of β-amino-alcohol motifs (C(OH)–C–C–N with tert-alkyl or cyclic N) is 1. The third kappa shape index (κ3) is 3.74. The van der Waals surface area contributed by atoms with Gasteiger partial charge in [-0.15, -0.1) is 0 Å². The first kappa shape index (κ1) is 19.8. The van der Waals surface area contributed by atoms with Crippen LogP contribution in [0.5, 0.6) is 0 Å². The van der Waals surface area contributed by atoms with Gasteiger partial charge < -0.3 is 19.9 Å². The molecule has 1 saturated heterocycles. The fraction of sp³-hybridized carbons (Fsp3) is 0.571. The van der Waals surface area contributed by atoms with Crippen molar-refractivity contribution in [2.24, 2.45) is 5.92 Å². The van der Waals surface area contributed by atoms with E-state index in [2.05, 4.69) is 15.3 Å². The molecule has 8 nitrogen and oxygen atoms in total. The summed E-state index contributed by atoms with van der Waals surface area (Å²) < 4.78 is 3.59. The Kier molecular flexibility index (Phi) is 5.56. The van der Waals surface area contributed by atoms with Crippen LogP contribution in [-0.2, 0) is 0 Å². The van der Waals surface area contributed by atoms with Crippen LogP contribution in [0.25, 0.3) is 0 Å². The highest BCUT2D eigenvalue weighted by atomic mass is 16.3. The molecular weight excluding hydrogens is 370 g/mol. The molecule has 1 fully saturated rings. The number of hydrogen-bond acceptors (Lipinski definition) is 5. The summed E-state index contributed by atoms with van der Waals surface area (Å²) in [6.45, 7) is 6.80. The highest BCUT2D eigenvalue weighted by molar-refractivity contribution is 5.92. The maximum Gasteiger partial charge on any atom is 0.269 e. The SMILES string of the molecule is CC(C)n1nccc1C(=O)NC[C@H]1[C@H]2C[C@H](CN(CCO)C2)c2cccc(=O)n21. The van der Waals surface area contributed by atoms with E-state index in [4.69, 9.17) is 0 Å². The number of aliphatic hydroxyl groups excluding tert-OH is 1. The van der Waals surface area contributed by atoms with Crippen LogP contribution in [0.2, 0.25) is 0 Å². The molecule has 0 aromatic carbocycles. The Bertz CT molecular complexity index is 934. The lowest BCUT2D eigenvalue weighted by atomic mass is 9.78. The summed E-state index contributed by atoms with van der Waals surface area (Å²) >= 11 is 0. The van der Waals surface area contributed by atoms with Gasteiger partial charge in [-0.05, 0) is 38.3 Å². The third-order valence-electron chi connectivity index (χ3n) is 6.15. The number of aliphatic hydroxyl groups is 1. The van der Waals surface area contributed by atoms with Crippen molar-refractivity contribution in [1.82, 2.24) is 24.6 Å². The standard InChI is InChI=1S/C21H29N5O3/c1-14(2)26-18(6-7-23-26)21(29)22-11-19-16-10-15(12-24(13-16)8-9-27)17-4-3-5-20(28)25(17)19/h3-7,14-16,19,27H,8-13H2,1-2H3,(H,22,29)/t15-,16+,19+/m1/s1. The average molecular weight is 399 g/mol. The lowest BCUT2D eigenvalue weighted by Crippen LogP contribution is -2.52. The van der Waals surface area contributed by atoms with Gasteiger partial charge in [-0.3, -0.25) is 14.3 Å². The van der Waals surface area contributed by atoms with Crippen molar-refractivity contribution in [3.63, 3.8) is 0 Å². The van der Waals surface area contributed by atoms with Gasteiger partial charge in [0.1, 0.15) is 5.69 Å². The number of nitrogens with zero attached hydrogens (tertiary/aromatic N) is 4. The second-order valence-corrected chi connectivity index (χ2v) is 8.37. The van der Waals surface area contributed by atoms with E-state index in [1.54, 1.807) is 23.0 Å². The quantitative estimate of drug-likeness (QED) is 0.756. The van der Waals surface area contributed by atoms with Gasteiger partial charge in [0.15, 0.2) is 0 Å². The van der Waals surface area contributed by atoms with E-state index in [9.17, 15) is 14.7 Å². The summed E-state index contributed by atoms with van der Waals surface area (Å²) in [5.41, 5.74) is 1.54. The zero-order valence-electron chi connectivity index (χ0n) is 17.0. The Morgan fingerprint density at radius 2 is 2.14 bits per heavy atom. The van der Waals surface area contributed by atoms with Crippen molar-refractivity contribution in [3.05, 3.63) is 52.2 Å². The van der Waals surface area contributed by atoms with Crippen LogP contribution in [0, 0.1) is 5.92 Å². The number of aromatic nitrogens is 3. The number of carbonyl (C=O) groups is 1. The van der Waals surface area contributed by atoms with Gasteiger partial charge in [-0.25, -0.2) is 0 Å². The number of rotatable bonds is 6. The molecule has 4 rings (SSSR count). The minimum absolute atomic E-state index is 0.0146. The van der Waals surface area contributed by atoms with Crippen molar-refractivity contribution in [2.75, 3.05) is 32.8 Å². The molecule has 2 N–H and O–H groups in total. The first-order valence-electron chi connectivity index (χ1n) is 10.4. The van der Waals surface area contributed by atoms with Gasteiger partial charge in [0, 0.05) is 56.1 Å². The molecule has 0 radical (unpaired) electrons. The summed E-state index contributed by atoms with van der Waals surface area (Å²) in [6.07, 6.45) is 2.63. The van der Waals surface area contributed by atoms with Crippen molar-refractivity contribution in [3.8, 4) is 0 Å². The lowest BCUT2D eigenvalue weighted by Gasteiger charge is -2.47. The lowest BCUT2D eigenvalue weighted by molar-refractivity contribution is 0.0727. The second-order valence-electron chi connectivity index (χ2n) is 8.37. The molecule has 0 saturated carbocycles. The summed E-state index contributed by atoms with van der Waals surface area (Å²) in [7, 11) is 0. The first-order chi connectivity index (χ1) is 14.0. The average Bonchev–Trinajstić information content (AvgIpc) is 3.19. The monoisotopic (exact) mass is 399 g/mol. The zero-order chi connectivity index (χ0) is 20.5. The molecule has 0 spiro atoms. The fourth-order valence-corrected chi connectivity index (χ4v) is 4.92. The van der Waals surface area contributed by atoms with Crippen molar-refractivity contribution in [2.45, 2.75) is 38.3 Å². The molecule has 3 atom stereocenters. The van der Waals surface area contributed by atoms with E-state index in [1.165, 1.54) is 0 Å². The van der Waals surface area contributed by atoms with Gasteiger partial charge >= 0.3 is 0 Å². The Hall–Kier alpha value is -2.45. The van der Waals surface area contributed by atoms with Gasteiger partial charge in [0.25, 0.3) is 11.5 Å². The molecule has 1 amide bonds. The van der Waals surface area contributed by atoms with Crippen LogP contribution in [0.3, 0.4) is 0 Å². The predicted octanol–water partition coefficient (Wildman–Crippen LogP) is 1.01. The smallest absolute Gasteiger partial charge is 0.269 e. The fourth-order valence-electron chi connectivity index (χ4n) is 4.92. The molecule has 2 aliphatic rings. The van der Waals surface area contributed by atoms with Crippen molar-refractivity contribution < 1.29 is 9.90 Å². The number of pyridine rings is 1. The van der Waals surface area contributed by atoms with Crippen LogP contribution in [-0.4, -0.2) is 63.0 Å². The summed E-state index contributed by atoms with van der Waals surface area (Å²) in [5, 5.41) is 16.7. The molecule has 2 aromatic rings. The first-order valence-corrected chi connectivity index (χ1v) is 10.4. The van der Waals surface area contributed by atoms with Crippen LogP contribution < -0.4 is 10.9 Å². The number of piperidine rings is 1. The number of likely N-dealkylation sites (tertiary alicyclic amines) is 1. The molecule has 2 aromatic heterocycles. The van der Waals surface area contributed by atoms with E-state index < -0.39 is 0 Å². The van der Waals surface area contributed by atoms with Crippen LogP contribution in [0.4, 0.5) is 0 Å². The summed E-state index contributed by atoms with van der Waals surface area (Å²) in [5.74, 6) is 0.360. The van der Waals surface area contributed by atoms with E-state index in [0.29, 0.717) is 18.8 Å². The van der Waals surface area contributed by atoms with Gasteiger partial charge in [-0.1, -0.05) is 6.07 Å². The minimum atomic E-state index is -0.174. The summed E-state index contributed by atoms with van der Waals surface area (Å²) in [4.78, 5) is 27.8. The molecule has 156 valence electrons. The predicted molar refractivity (Wildman–Crippen MR) is 109 cm³/mol. The van der Waals surface area contributed by atoms with Crippen molar-refractivity contribution in [1.29, 1.82) is 0 Å². The highest BCUT2D eigenvalue weighted by Crippen LogP contribution is 2.40. The number of amides is 1.